The Morgan fingerprint density at radius 1 is 1.60 bits per heavy atom. The molecule has 84 valence electrons. The van der Waals surface area contributed by atoms with Gasteiger partial charge in [-0.2, -0.15) is 0 Å². The fourth-order valence-electron chi connectivity index (χ4n) is 1.92. The Hall–Kier alpha value is 0.140. The standard InChI is InChI=1S/C12H18BrNS/c1-8(2)6-14-7-9-5-10(9)12-11(13)3-4-15-12/h3-4,8-10,14H,5-7H2,1-2H3. The molecule has 0 bridgehead atoms. The van der Waals surface area contributed by atoms with Crippen molar-refractivity contribution in [2.45, 2.75) is 26.2 Å². The third kappa shape index (κ3) is 3.05. The van der Waals surface area contributed by atoms with E-state index < -0.39 is 0 Å². The Bertz CT molecular complexity index is 321. The second-order valence-corrected chi connectivity index (χ2v) is 6.59. The minimum absolute atomic E-state index is 0.760. The van der Waals surface area contributed by atoms with Crippen molar-refractivity contribution >= 4 is 27.3 Å². The molecule has 1 fully saturated rings. The average Bonchev–Trinajstić information content (AvgIpc) is 2.79. The van der Waals surface area contributed by atoms with Gasteiger partial charge in [0.05, 0.1) is 0 Å². The van der Waals surface area contributed by atoms with Crippen LogP contribution in [0.25, 0.3) is 0 Å². The number of rotatable bonds is 5. The lowest BCUT2D eigenvalue weighted by Gasteiger charge is -2.06. The molecule has 0 aliphatic heterocycles. The van der Waals surface area contributed by atoms with Crippen LogP contribution in [-0.2, 0) is 0 Å². The van der Waals surface area contributed by atoms with E-state index in [-0.39, 0.29) is 0 Å². The van der Waals surface area contributed by atoms with Crippen molar-refractivity contribution in [3.63, 3.8) is 0 Å². The number of halogens is 1. The molecule has 1 aliphatic carbocycles. The summed E-state index contributed by atoms with van der Waals surface area (Å²) in [6, 6.07) is 2.16. The maximum absolute atomic E-state index is 3.62. The third-order valence-corrected chi connectivity index (χ3v) is 4.87. The van der Waals surface area contributed by atoms with Gasteiger partial charge in [-0.15, -0.1) is 11.3 Å². The van der Waals surface area contributed by atoms with Crippen LogP contribution in [0.15, 0.2) is 15.9 Å². The number of hydrogen-bond acceptors (Lipinski definition) is 2. The van der Waals surface area contributed by atoms with E-state index in [2.05, 4.69) is 46.5 Å². The second kappa shape index (κ2) is 4.98. The molecule has 1 aromatic rings. The first-order valence-electron chi connectivity index (χ1n) is 5.62. The predicted octanol–water partition coefficient (Wildman–Crippen LogP) is 3.86. The van der Waals surface area contributed by atoms with Crippen molar-refractivity contribution in [2.24, 2.45) is 11.8 Å². The first-order valence-corrected chi connectivity index (χ1v) is 7.29. The second-order valence-electron chi connectivity index (χ2n) is 4.79. The van der Waals surface area contributed by atoms with Crippen LogP contribution in [0.1, 0.15) is 31.1 Å². The molecule has 0 aromatic carbocycles. The van der Waals surface area contributed by atoms with Crippen molar-refractivity contribution in [2.75, 3.05) is 13.1 Å². The predicted molar refractivity (Wildman–Crippen MR) is 70.6 cm³/mol. The van der Waals surface area contributed by atoms with Crippen molar-refractivity contribution in [3.05, 3.63) is 20.8 Å². The maximum Gasteiger partial charge on any atom is 0.0317 e. The van der Waals surface area contributed by atoms with Gasteiger partial charge >= 0.3 is 0 Å². The van der Waals surface area contributed by atoms with Crippen molar-refractivity contribution in [1.29, 1.82) is 0 Å². The lowest BCUT2D eigenvalue weighted by atomic mass is 10.2. The van der Waals surface area contributed by atoms with E-state index in [0.29, 0.717) is 0 Å². The summed E-state index contributed by atoms with van der Waals surface area (Å²) in [5.41, 5.74) is 0. The van der Waals surface area contributed by atoms with Gasteiger partial charge in [0, 0.05) is 9.35 Å². The number of hydrogen-bond donors (Lipinski definition) is 1. The molecule has 0 radical (unpaired) electrons. The summed E-state index contributed by atoms with van der Waals surface area (Å²) in [6.45, 7) is 6.85. The van der Waals surface area contributed by atoms with Gasteiger partial charge in [-0.05, 0) is 64.6 Å². The van der Waals surface area contributed by atoms with Crippen LogP contribution in [0.5, 0.6) is 0 Å². The number of nitrogens with one attached hydrogen (secondary N) is 1. The van der Waals surface area contributed by atoms with Crippen LogP contribution in [0.2, 0.25) is 0 Å². The summed E-state index contributed by atoms with van der Waals surface area (Å²) in [4.78, 5) is 1.55. The minimum Gasteiger partial charge on any atom is -0.316 e. The zero-order valence-electron chi connectivity index (χ0n) is 9.29. The summed E-state index contributed by atoms with van der Waals surface area (Å²) < 4.78 is 1.31. The zero-order valence-corrected chi connectivity index (χ0v) is 11.7. The molecule has 0 amide bonds. The molecule has 0 spiro atoms. The summed E-state index contributed by atoms with van der Waals surface area (Å²) in [7, 11) is 0. The zero-order chi connectivity index (χ0) is 10.8. The molecule has 1 saturated carbocycles. The van der Waals surface area contributed by atoms with Crippen LogP contribution in [0, 0.1) is 11.8 Å². The summed E-state index contributed by atoms with van der Waals surface area (Å²) >= 11 is 5.50. The van der Waals surface area contributed by atoms with E-state index in [9.17, 15) is 0 Å². The maximum atomic E-state index is 3.62. The van der Waals surface area contributed by atoms with Crippen molar-refractivity contribution in [3.8, 4) is 0 Å². The molecular weight excluding hydrogens is 270 g/mol. The lowest BCUT2D eigenvalue weighted by molar-refractivity contribution is 0.533. The first kappa shape index (κ1) is 11.6. The van der Waals surface area contributed by atoms with Crippen LogP contribution in [-0.4, -0.2) is 13.1 Å². The quantitative estimate of drug-likeness (QED) is 0.867. The van der Waals surface area contributed by atoms with E-state index >= 15 is 0 Å². The average molecular weight is 288 g/mol. The Morgan fingerprint density at radius 2 is 2.40 bits per heavy atom. The summed E-state index contributed by atoms with van der Waals surface area (Å²) in [5, 5.41) is 5.72. The van der Waals surface area contributed by atoms with Crippen LogP contribution in [0.3, 0.4) is 0 Å². The number of thiophene rings is 1. The van der Waals surface area contributed by atoms with E-state index in [4.69, 9.17) is 0 Å². The van der Waals surface area contributed by atoms with E-state index in [1.54, 1.807) is 4.88 Å². The largest absolute Gasteiger partial charge is 0.316 e. The van der Waals surface area contributed by atoms with Gasteiger partial charge in [-0.1, -0.05) is 13.8 Å². The Morgan fingerprint density at radius 3 is 3.00 bits per heavy atom. The molecule has 2 atom stereocenters. The van der Waals surface area contributed by atoms with Gasteiger partial charge < -0.3 is 5.32 Å². The van der Waals surface area contributed by atoms with Gasteiger partial charge in [0.2, 0.25) is 0 Å². The van der Waals surface area contributed by atoms with Crippen LogP contribution < -0.4 is 5.32 Å². The Labute approximate surface area is 104 Å². The summed E-state index contributed by atoms with van der Waals surface area (Å²) in [6.07, 6.45) is 1.37. The van der Waals surface area contributed by atoms with E-state index in [1.165, 1.54) is 17.4 Å². The highest BCUT2D eigenvalue weighted by Crippen LogP contribution is 2.51. The molecule has 0 saturated heterocycles. The smallest absolute Gasteiger partial charge is 0.0317 e. The van der Waals surface area contributed by atoms with Gasteiger partial charge in [0.25, 0.3) is 0 Å². The van der Waals surface area contributed by atoms with Crippen molar-refractivity contribution in [1.82, 2.24) is 5.32 Å². The Kier molecular flexibility index (Phi) is 3.86. The van der Waals surface area contributed by atoms with E-state index in [0.717, 1.165) is 24.3 Å². The molecule has 2 unspecified atom stereocenters. The van der Waals surface area contributed by atoms with Crippen LogP contribution in [0.4, 0.5) is 0 Å². The molecule has 1 nitrogen and oxygen atoms in total. The molecule has 3 heteroatoms. The first-order chi connectivity index (χ1) is 7.18. The van der Waals surface area contributed by atoms with Crippen molar-refractivity contribution < 1.29 is 0 Å². The SMILES string of the molecule is CC(C)CNCC1CC1c1sccc1Br. The highest BCUT2D eigenvalue weighted by Gasteiger charge is 2.39. The van der Waals surface area contributed by atoms with Gasteiger partial charge in [-0.25, -0.2) is 0 Å². The van der Waals surface area contributed by atoms with Gasteiger partial charge in [-0.3, -0.25) is 0 Å². The molecule has 1 aliphatic rings. The highest BCUT2D eigenvalue weighted by atomic mass is 79.9. The summed E-state index contributed by atoms with van der Waals surface area (Å²) in [5.74, 6) is 2.45. The lowest BCUT2D eigenvalue weighted by Crippen LogP contribution is -2.22. The molecule has 15 heavy (non-hydrogen) atoms. The minimum atomic E-state index is 0.760. The fraction of sp³-hybridized carbons (Fsp3) is 0.667. The topological polar surface area (TPSA) is 12.0 Å². The van der Waals surface area contributed by atoms with Gasteiger partial charge in [0.15, 0.2) is 0 Å². The molecule has 2 rings (SSSR count). The molecule has 1 aromatic heterocycles. The monoisotopic (exact) mass is 287 g/mol. The molecule has 1 N–H and O–H groups in total. The normalized spacial score (nSPS) is 24.8. The van der Waals surface area contributed by atoms with Crippen LogP contribution >= 0.6 is 27.3 Å². The molecular formula is C12H18BrNS. The fourth-order valence-corrected chi connectivity index (χ4v) is 3.80. The highest BCUT2D eigenvalue weighted by molar-refractivity contribution is 9.10. The third-order valence-electron chi connectivity index (χ3n) is 2.86. The van der Waals surface area contributed by atoms with E-state index in [1.807, 2.05) is 11.3 Å². The molecule has 1 heterocycles. The van der Waals surface area contributed by atoms with Gasteiger partial charge in [0.1, 0.15) is 0 Å². The Balaban J connectivity index is 1.75.